The number of carbonyl (C=O) groups excluding carboxylic acids is 3. The van der Waals surface area contributed by atoms with Gasteiger partial charge in [-0.15, -0.1) is 6.42 Å². The van der Waals surface area contributed by atoms with Crippen molar-refractivity contribution < 1.29 is 23.5 Å². The summed E-state index contributed by atoms with van der Waals surface area (Å²) in [7, 11) is 4.19. The lowest BCUT2D eigenvalue weighted by Crippen LogP contribution is -2.54. The molecule has 5 rings (SSSR count). The van der Waals surface area contributed by atoms with Crippen molar-refractivity contribution >= 4 is 17.7 Å². The summed E-state index contributed by atoms with van der Waals surface area (Å²) in [6.45, 7) is 1.81. The molecule has 2 aliphatic heterocycles. The van der Waals surface area contributed by atoms with Crippen LogP contribution in [0.2, 0.25) is 0 Å². The largest absolute Gasteiger partial charge is 0.489 e. The van der Waals surface area contributed by atoms with Crippen LogP contribution < -0.4 is 20.9 Å². The van der Waals surface area contributed by atoms with E-state index in [9.17, 15) is 23.6 Å². The molecule has 3 aliphatic rings. The number of halogens is 1. The lowest BCUT2D eigenvalue weighted by Gasteiger charge is -2.40. The zero-order valence-corrected chi connectivity index (χ0v) is 21.8. The van der Waals surface area contributed by atoms with Crippen LogP contribution in [-0.4, -0.2) is 53.4 Å². The summed E-state index contributed by atoms with van der Waals surface area (Å²) < 4.78 is 20.3. The highest BCUT2D eigenvalue weighted by Crippen LogP contribution is 2.49. The van der Waals surface area contributed by atoms with Crippen molar-refractivity contribution in [2.45, 2.75) is 51.2 Å². The van der Waals surface area contributed by atoms with Crippen molar-refractivity contribution in [3.05, 3.63) is 57.0 Å². The monoisotopic (exact) mass is 523 g/mol. The van der Waals surface area contributed by atoms with Gasteiger partial charge >= 0.3 is 11.8 Å². The number of hydrogen-bond donors (Lipinski definition) is 2. The van der Waals surface area contributed by atoms with Crippen LogP contribution >= 0.6 is 0 Å². The molecule has 0 spiro atoms. The van der Waals surface area contributed by atoms with E-state index in [4.69, 9.17) is 11.2 Å². The number of benzene rings is 1. The third-order valence-electron chi connectivity index (χ3n) is 7.43. The maximum absolute atomic E-state index is 13.6. The van der Waals surface area contributed by atoms with Gasteiger partial charge < -0.3 is 20.3 Å². The number of fused-ring (bicyclic) bond motifs is 2. The summed E-state index contributed by atoms with van der Waals surface area (Å²) in [6.07, 6.45) is 7.52. The van der Waals surface area contributed by atoms with Crippen LogP contribution in [0.4, 0.5) is 4.39 Å². The fourth-order valence-corrected chi connectivity index (χ4v) is 5.15. The van der Waals surface area contributed by atoms with Gasteiger partial charge in [-0.05, 0) is 49.8 Å². The predicted molar refractivity (Wildman–Crippen MR) is 136 cm³/mol. The molecule has 1 saturated carbocycles. The number of hydrogen-bond acceptors (Lipinski definition) is 6. The third-order valence-corrected chi connectivity index (χ3v) is 7.43. The minimum Gasteiger partial charge on any atom is -0.489 e. The molecule has 1 aromatic heterocycles. The van der Waals surface area contributed by atoms with Gasteiger partial charge in [-0.1, -0.05) is 18.1 Å². The minimum absolute atomic E-state index is 0.0582. The van der Waals surface area contributed by atoms with Crippen LogP contribution in [0.25, 0.3) is 0 Å². The summed E-state index contributed by atoms with van der Waals surface area (Å²) in [6, 6.07) is 4.46. The van der Waals surface area contributed by atoms with Gasteiger partial charge in [-0.25, -0.2) is 9.37 Å². The lowest BCUT2D eigenvalue weighted by atomic mass is 9.69. The normalized spacial score (nSPS) is 21.5. The second-order valence-electron chi connectivity index (χ2n) is 10.1. The number of carbonyl (C=O) groups is 3. The van der Waals surface area contributed by atoms with Crippen LogP contribution in [0.15, 0.2) is 23.0 Å². The maximum atomic E-state index is 13.6. The van der Waals surface area contributed by atoms with Crippen LogP contribution in [-0.2, 0) is 28.2 Å². The highest BCUT2D eigenvalue weighted by atomic mass is 19.1. The Hall–Kier alpha value is -4.20. The number of aryl methyl sites for hydroxylation is 1. The Kier molecular flexibility index (Phi) is 7.02. The fourth-order valence-electron chi connectivity index (χ4n) is 5.15. The lowest BCUT2D eigenvalue weighted by molar-refractivity contribution is -0.145. The zero-order chi connectivity index (χ0) is 27.8. The summed E-state index contributed by atoms with van der Waals surface area (Å²) in [5, 5.41) is 5.51. The highest BCUT2D eigenvalue weighted by molar-refractivity contribution is 6.35. The van der Waals surface area contributed by atoms with Gasteiger partial charge in [0.05, 0.1) is 12.6 Å². The topological polar surface area (TPSA) is 123 Å². The Morgan fingerprint density at radius 3 is 2.50 bits per heavy atom. The molecule has 10 nitrogen and oxygen atoms in total. The molecule has 1 aromatic carbocycles. The van der Waals surface area contributed by atoms with E-state index >= 15 is 0 Å². The SMILES string of the molecule is C#CC12CCC(NC(=O)C(=O)N(C)C)(CC1)c1nc(C(=O)NCc3ccc(F)c(C)c3)c(OC)c(=O)n1C2. The van der Waals surface area contributed by atoms with Crippen molar-refractivity contribution in [3.63, 3.8) is 0 Å². The maximum Gasteiger partial charge on any atom is 0.311 e. The molecule has 1 aliphatic carbocycles. The number of aromatic nitrogens is 2. The molecule has 38 heavy (non-hydrogen) atoms. The number of terminal acetylenes is 1. The second kappa shape index (κ2) is 9.93. The van der Waals surface area contributed by atoms with Gasteiger partial charge in [-0.3, -0.25) is 23.7 Å². The molecule has 1 fully saturated rings. The van der Waals surface area contributed by atoms with E-state index in [1.165, 1.54) is 31.8 Å². The molecule has 0 radical (unpaired) electrons. The van der Waals surface area contributed by atoms with Crippen LogP contribution in [0.1, 0.15) is 53.1 Å². The molecule has 0 unspecified atom stereocenters. The smallest absolute Gasteiger partial charge is 0.311 e. The second-order valence-corrected chi connectivity index (χ2v) is 10.1. The Balaban J connectivity index is 1.78. The molecule has 3 amide bonds. The zero-order valence-electron chi connectivity index (χ0n) is 21.8. The molecule has 2 aromatic rings. The van der Waals surface area contributed by atoms with Crippen molar-refractivity contribution in [3.8, 4) is 18.1 Å². The molecule has 0 saturated heterocycles. The molecule has 11 heteroatoms. The first-order chi connectivity index (χ1) is 18.0. The Morgan fingerprint density at radius 2 is 1.92 bits per heavy atom. The highest BCUT2D eigenvalue weighted by Gasteiger charge is 2.51. The number of likely N-dealkylation sites (N-methyl/N-ethyl adjacent to an activating group) is 1. The van der Waals surface area contributed by atoms with Crippen LogP contribution in [0.5, 0.6) is 5.75 Å². The average Bonchev–Trinajstić information content (AvgIpc) is 3.12. The fraction of sp³-hybridized carbons (Fsp3) is 0.444. The molecular formula is C27H30FN5O5. The van der Waals surface area contributed by atoms with Crippen molar-refractivity contribution in [2.75, 3.05) is 21.2 Å². The average molecular weight is 524 g/mol. The van der Waals surface area contributed by atoms with E-state index in [1.807, 2.05) is 0 Å². The van der Waals surface area contributed by atoms with Gasteiger partial charge in [0.25, 0.3) is 11.5 Å². The number of nitrogens with one attached hydrogen (secondary N) is 2. The molecular weight excluding hydrogens is 493 g/mol. The summed E-state index contributed by atoms with van der Waals surface area (Å²) in [5.74, 6) is 0.0704. The first-order valence-corrected chi connectivity index (χ1v) is 12.2. The van der Waals surface area contributed by atoms with Gasteiger partial charge in [0.15, 0.2) is 5.69 Å². The number of methoxy groups -OCH3 is 1. The third kappa shape index (κ3) is 4.62. The van der Waals surface area contributed by atoms with E-state index < -0.39 is 34.2 Å². The van der Waals surface area contributed by atoms with Crippen molar-refractivity contribution in [2.24, 2.45) is 5.41 Å². The number of rotatable bonds is 5. The van der Waals surface area contributed by atoms with E-state index in [0.717, 1.165) is 4.90 Å². The standard InChI is InChI=1S/C27H30FN5O5/c1-6-26-9-11-27(12-10-26,31-22(35)24(37)32(3)4)25-30-19(20(38-5)23(36)33(25)15-26)21(34)29-14-17-7-8-18(28)16(2)13-17/h1,7-8,13H,9-12,14-15H2,2-5H3,(H,29,34)(H,31,35). The van der Waals surface area contributed by atoms with Gasteiger partial charge in [0.2, 0.25) is 5.75 Å². The van der Waals surface area contributed by atoms with Crippen LogP contribution in [0.3, 0.4) is 0 Å². The predicted octanol–water partition coefficient (Wildman–Crippen LogP) is 1.24. The summed E-state index contributed by atoms with van der Waals surface area (Å²) in [5.41, 5.74) is -1.61. The number of nitrogens with zero attached hydrogens (tertiary/aromatic N) is 3. The van der Waals surface area contributed by atoms with Gasteiger partial charge in [0.1, 0.15) is 11.6 Å². The number of ether oxygens (including phenoxy) is 1. The van der Waals surface area contributed by atoms with Gasteiger partial charge in [0, 0.05) is 32.6 Å². The molecule has 200 valence electrons. The first kappa shape index (κ1) is 26.9. The Bertz CT molecular complexity index is 1420. The first-order valence-electron chi connectivity index (χ1n) is 12.2. The van der Waals surface area contributed by atoms with Crippen LogP contribution in [0, 0.1) is 30.5 Å². The Labute approximate surface area is 219 Å². The summed E-state index contributed by atoms with van der Waals surface area (Å²) >= 11 is 0. The Morgan fingerprint density at radius 1 is 1.24 bits per heavy atom. The van der Waals surface area contributed by atoms with Crippen molar-refractivity contribution in [1.82, 2.24) is 25.1 Å². The van der Waals surface area contributed by atoms with E-state index in [1.54, 1.807) is 19.1 Å². The van der Waals surface area contributed by atoms with E-state index in [0.29, 0.717) is 36.8 Å². The molecule has 0 atom stereocenters. The van der Waals surface area contributed by atoms with Gasteiger partial charge in [-0.2, -0.15) is 0 Å². The van der Waals surface area contributed by atoms with E-state index in [-0.39, 0.29) is 36.2 Å². The molecule has 2 bridgehead atoms. The molecule has 2 N–H and O–H groups in total. The number of amides is 3. The molecule has 3 heterocycles. The van der Waals surface area contributed by atoms with Crippen molar-refractivity contribution in [1.29, 1.82) is 0 Å². The quantitative estimate of drug-likeness (QED) is 0.449. The summed E-state index contributed by atoms with van der Waals surface area (Å²) in [4.78, 5) is 57.9. The van der Waals surface area contributed by atoms with E-state index in [2.05, 4.69) is 21.5 Å². The minimum atomic E-state index is -1.19.